The molecule has 4 rings (SSSR count). The molecule has 118 valence electrons. The molecule has 0 spiro atoms. The molecule has 1 N–H and O–H groups in total. The average Bonchev–Trinajstić information content (AvgIpc) is 3.03. The zero-order valence-corrected chi connectivity index (χ0v) is 13.7. The minimum absolute atomic E-state index is 0.0491. The molecule has 1 aliphatic heterocycles. The second-order valence-electron chi connectivity index (χ2n) is 5.67. The topological polar surface area (TPSA) is 58.2 Å². The smallest absolute Gasteiger partial charge is 0.268 e. The number of aromatic nitrogens is 2. The number of hydrogen-bond acceptors (Lipinski definition) is 5. The number of rotatable bonds is 3. The summed E-state index contributed by atoms with van der Waals surface area (Å²) in [7, 11) is 1.69. The van der Waals surface area contributed by atoms with Crippen LogP contribution in [0.15, 0.2) is 34.4 Å². The quantitative estimate of drug-likeness (QED) is 0.803. The van der Waals surface area contributed by atoms with Crippen molar-refractivity contribution in [1.82, 2.24) is 9.97 Å². The number of ether oxygens (including phenoxy) is 1. The van der Waals surface area contributed by atoms with Gasteiger partial charge in [0.2, 0.25) is 0 Å². The molecule has 0 unspecified atom stereocenters. The first-order chi connectivity index (χ1) is 11.2. The van der Waals surface area contributed by atoms with Gasteiger partial charge in [-0.25, -0.2) is 4.98 Å². The van der Waals surface area contributed by atoms with Crippen molar-refractivity contribution >= 4 is 27.2 Å². The van der Waals surface area contributed by atoms with Gasteiger partial charge in [-0.2, -0.15) is 0 Å². The maximum absolute atomic E-state index is 12.1. The molecule has 2 aromatic heterocycles. The van der Waals surface area contributed by atoms with Crippen molar-refractivity contribution in [3.8, 4) is 5.75 Å². The molecule has 0 radical (unpaired) electrons. The Morgan fingerprint density at radius 2 is 2.30 bits per heavy atom. The molecule has 6 heteroatoms. The summed E-state index contributed by atoms with van der Waals surface area (Å²) in [4.78, 5) is 21.9. The fraction of sp³-hybridized carbons (Fsp3) is 0.294. The summed E-state index contributed by atoms with van der Waals surface area (Å²) < 4.78 is 6.00. The SMILES string of the molecule is COc1ccc2c(c1)CCCN2Cc1nc2ccsc2c(=O)[nH]1. The molecule has 5 nitrogen and oxygen atoms in total. The summed E-state index contributed by atoms with van der Waals surface area (Å²) in [5, 5.41) is 1.90. The normalized spacial score (nSPS) is 14.0. The third-order valence-electron chi connectivity index (χ3n) is 4.21. The van der Waals surface area contributed by atoms with E-state index in [2.05, 4.69) is 27.0 Å². The van der Waals surface area contributed by atoms with Crippen molar-refractivity contribution in [2.24, 2.45) is 0 Å². The number of aromatic amines is 1. The van der Waals surface area contributed by atoms with Crippen LogP contribution in [-0.4, -0.2) is 23.6 Å². The third kappa shape index (κ3) is 2.59. The third-order valence-corrected chi connectivity index (χ3v) is 5.11. The number of fused-ring (bicyclic) bond motifs is 2. The number of nitrogens with one attached hydrogen (secondary N) is 1. The Morgan fingerprint density at radius 3 is 3.17 bits per heavy atom. The van der Waals surface area contributed by atoms with E-state index in [9.17, 15) is 4.79 Å². The van der Waals surface area contributed by atoms with Crippen molar-refractivity contribution < 1.29 is 4.74 Å². The Balaban J connectivity index is 1.68. The van der Waals surface area contributed by atoms with Crippen LogP contribution in [0.25, 0.3) is 10.2 Å². The number of anilines is 1. The van der Waals surface area contributed by atoms with Crippen LogP contribution >= 0.6 is 11.3 Å². The van der Waals surface area contributed by atoms with E-state index in [4.69, 9.17) is 4.74 Å². The molecule has 3 aromatic rings. The van der Waals surface area contributed by atoms with Gasteiger partial charge in [0, 0.05) is 12.2 Å². The van der Waals surface area contributed by atoms with E-state index < -0.39 is 0 Å². The lowest BCUT2D eigenvalue weighted by atomic mass is 10.0. The highest BCUT2D eigenvalue weighted by atomic mass is 32.1. The first-order valence-corrected chi connectivity index (χ1v) is 8.51. The van der Waals surface area contributed by atoms with E-state index >= 15 is 0 Å². The molecule has 0 amide bonds. The van der Waals surface area contributed by atoms with Crippen LogP contribution in [0.5, 0.6) is 5.75 Å². The van der Waals surface area contributed by atoms with Crippen molar-refractivity contribution in [2.45, 2.75) is 19.4 Å². The molecular weight excluding hydrogens is 310 g/mol. The van der Waals surface area contributed by atoms with Crippen LogP contribution in [0.4, 0.5) is 5.69 Å². The van der Waals surface area contributed by atoms with Gasteiger partial charge in [-0.3, -0.25) is 4.79 Å². The average molecular weight is 327 g/mol. The Morgan fingerprint density at radius 1 is 1.39 bits per heavy atom. The monoisotopic (exact) mass is 327 g/mol. The van der Waals surface area contributed by atoms with Gasteiger partial charge in [-0.15, -0.1) is 11.3 Å². The molecule has 3 heterocycles. The number of nitrogens with zero attached hydrogens (tertiary/aromatic N) is 2. The van der Waals surface area contributed by atoms with E-state index in [-0.39, 0.29) is 5.56 Å². The summed E-state index contributed by atoms with van der Waals surface area (Å²) in [5.41, 5.74) is 3.22. The molecule has 0 bridgehead atoms. The van der Waals surface area contributed by atoms with Gasteiger partial charge in [0.15, 0.2) is 0 Å². The van der Waals surface area contributed by atoms with Gasteiger partial charge in [0.25, 0.3) is 5.56 Å². The van der Waals surface area contributed by atoms with Gasteiger partial charge < -0.3 is 14.6 Å². The first kappa shape index (κ1) is 14.3. The lowest BCUT2D eigenvalue weighted by Gasteiger charge is -2.31. The zero-order valence-electron chi connectivity index (χ0n) is 12.8. The minimum atomic E-state index is -0.0491. The van der Waals surface area contributed by atoms with Gasteiger partial charge in [-0.1, -0.05) is 0 Å². The standard InChI is InChI=1S/C17H17N3O2S/c1-22-12-4-5-14-11(9-12)3-2-7-20(14)10-15-18-13-6-8-23-16(13)17(21)19-15/h4-6,8-9H,2-3,7,10H2,1H3,(H,18,19,21). The summed E-state index contributed by atoms with van der Waals surface area (Å²) in [6, 6.07) is 8.07. The van der Waals surface area contributed by atoms with E-state index in [0.717, 1.165) is 30.7 Å². The second-order valence-corrected chi connectivity index (χ2v) is 6.58. The highest BCUT2D eigenvalue weighted by molar-refractivity contribution is 7.17. The fourth-order valence-electron chi connectivity index (χ4n) is 3.12. The Bertz CT molecular complexity index is 916. The number of benzene rings is 1. The maximum Gasteiger partial charge on any atom is 0.268 e. The molecule has 1 aromatic carbocycles. The summed E-state index contributed by atoms with van der Waals surface area (Å²) in [5.74, 6) is 1.60. The Hall–Kier alpha value is -2.34. The number of hydrogen-bond donors (Lipinski definition) is 1. The van der Waals surface area contributed by atoms with Gasteiger partial charge in [0.05, 0.1) is 19.2 Å². The number of aryl methyl sites for hydroxylation is 1. The summed E-state index contributed by atoms with van der Waals surface area (Å²) in [6.07, 6.45) is 2.14. The highest BCUT2D eigenvalue weighted by Gasteiger charge is 2.19. The summed E-state index contributed by atoms with van der Waals surface area (Å²) >= 11 is 1.43. The Labute approximate surface area is 137 Å². The molecule has 0 aliphatic carbocycles. The van der Waals surface area contributed by atoms with Crippen molar-refractivity contribution in [3.05, 3.63) is 51.4 Å². The molecule has 0 saturated carbocycles. The van der Waals surface area contributed by atoms with Gasteiger partial charge in [-0.05, 0) is 48.1 Å². The predicted octanol–water partition coefficient (Wildman–Crippen LogP) is 2.95. The van der Waals surface area contributed by atoms with Gasteiger partial charge >= 0.3 is 0 Å². The number of thiophene rings is 1. The van der Waals surface area contributed by atoms with Crippen LogP contribution in [0.3, 0.4) is 0 Å². The maximum atomic E-state index is 12.1. The van der Waals surface area contributed by atoms with Crippen molar-refractivity contribution in [1.29, 1.82) is 0 Å². The van der Waals surface area contributed by atoms with Crippen LogP contribution in [0.2, 0.25) is 0 Å². The van der Waals surface area contributed by atoms with E-state index in [1.165, 1.54) is 22.6 Å². The molecule has 0 atom stereocenters. The van der Waals surface area contributed by atoms with Crippen LogP contribution in [0, 0.1) is 0 Å². The Kier molecular flexibility index (Phi) is 3.53. The molecule has 23 heavy (non-hydrogen) atoms. The van der Waals surface area contributed by atoms with Crippen LogP contribution in [0.1, 0.15) is 17.8 Å². The molecule has 0 fully saturated rings. The van der Waals surface area contributed by atoms with Crippen LogP contribution in [-0.2, 0) is 13.0 Å². The van der Waals surface area contributed by atoms with Crippen molar-refractivity contribution in [3.63, 3.8) is 0 Å². The van der Waals surface area contributed by atoms with Gasteiger partial charge in [0.1, 0.15) is 16.3 Å². The minimum Gasteiger partial charge on any atom is -0.497 e. The molecule has 0 saturated heterocycles. The molecule has 1 aliphatic rings. The zero-order chi connectivity index (χ0) is 15.8. The van der Waals surface area contributed by atoms with E-state index in [0.29, 0.717) is 17.1 Å². The number of H-pyrrole nitrogens is 1. The highest BCUT2D eigenvalue weighted by Crippen LogP contribution is 2.31. The second kappa shape index (κ2) is 5.70. The largest absolute Gasteiger partial charge is 0.497 e. The predicted molar refractivity (Wildman–Crippen MR) is 92.6 cm³/mol. The fourth-order valence-corrected chi connectivity index (χ4v) is 3.85. The van der Waals surface area contributed by atoms with Crippen LogP contribution < -0.4 is 15.2 Å². The van der Waals surface area contributed by atoms with E-state index in [1.54, 1.807) is 7.11 Å². The lowest BCUT2D eigenvalue weighted by Crippen LogP contribution is -2.30. The lowest BCUT2D eigenvalue weighted by molar-refractivity contribution is 0.414. The van der Waals surface area contributed by atoms with E-state index in [1.807, 2.05) is 17.5 Å². The number of methoxy groups -OCH3 is 1. The first-order valence-electron chi connectivity index (χ1n) is 7.63. The summed E-state index contributed by atoms with van der Waals surface area (Å²) in [6.45, 7) is 1.57. The molecular formula is C17H17N3O2S. The van der Waals surface area contributed by atoms with Crippen molar-refractivity contribution in [2.75, 3.05) is 18.6 Å².